The number of ether oxygens (including phenoxy) is 1. The first-order chi connectivity index (χ1) is 8.40. The summed E-state index contributed by atoms with van der Waals surface area (Å²) in [6, 6.07) is 14.9. The van der Waals surface area contributed by atoms with Crippen LogP contribution in [0.1, 0.15) is 12.0 Å². The van der Waals surface area contributed by atoms with Gasteiger partial charge in [0, 0.05) is 13.2 Å². The second-order valence-corrected chi connectivity index (χ2v) is 4.12. The van der Waals surface area contributed by atoms with Crippen molar-refractivity contribution in [1.82, 2.24) is 0 Å². The molecule has 17 heavy (non-hydrogen) atoms. The topological polar surface area (TPSA) is 29.5 Å². The van der Waals surface area contributed by atoms with Crippen molar-refractivity contribution in [3.05, 3.63) is 48.0 Å². The Labute approximate surface area is 102 Å². The second-order valence-electron chi connectivity index (χ2n) is 4.12. The molecule has 0 amide bonds. The van der Waals surface area contributed by atoms with Crippen LogP contribution in [0.15, 0.2) is 42.5 Å². The van der Waals surface area contributed by atoms with Crippen molar-refractivity contribution < 1.29 is 9.84 Å². The number of hydrogen-bond acceptors (Lipinski definition) is 2. The molecule has 0 fully saturated rings. The molecule has 0 radical (unpaired) electrons. The zero-order chi connectivity index (χ0) is 11.9. The first kappa shape index (κ1) is 12.1. The minimum atomic E-state index is 0.204. The molecule has 0 unspecified atom stereocenters. The second kappa shape index (κ2) is 6.38. The predicted molar refractivity (Wildman–Crippen MR) is 70.2 cm³/mol. The Morgan fingerprint density at radius 2 is 1.76 bits per heavy atom. The molecule has 0 aliphatic rings. The number of benzene rings is 2. The molecule has 0 spiro atoms. The maximum Gasteiger partial charge on any atom is 0.0506 e. The molecule has 2 heteroatoms. The molecular formula is C15H18O2. The van der Waals surface area contributed by atoms with Crippen LogP contribution in [0.3, 0.4) is 0 Å². The summed E-state index contributed by atoms with van der Waals surface area (Å²) < 4.78 is 5.43. The van der Waals surface area contributed by atoms with Crippen LogP contribution in [-0.2, 0) is 11.2 Å². The average molecular weight is 230 g/mol. The summed E-state index contributed by atoms with van der Waals surface area (Å²) in [7, 11) is 0. The van der Waals surface area contributed by atoms with E-state index in [0.29, 0.717) is 6.61 Å². The van der Waals surface area contributed by atoms with Crippen LogP contribution in [0.2, 0.25) is 0 Å². The first-order valence-electron chi connectivity index (χ1n) is 6.06. The summed E-state index contributed by atoms with van der Waals surface area (Å²) in [6.07, 6.45) is 1.65. The summed E-state index contributed by atoms with van der Waals surface area (Å²) in [5.74, 6) is 0. The van der Waals surface area contributed by atoms with E-state index in [1.54, 1.807) is 0 Å². The Bertz CT molecular complexity index is 465. The van der Waals surface area contributed by atoms with Crippen LogP contribution < -0.4 is 0 Å². The van der Waals surface area contributed by atoms with Crippen LogP contribution in [0.4, 0.5) is 0 Å². The van der Waals surface area contributed by atoms with Crippen LogP contribution >= 0.6 is 0 Å². The maximum atomic E-state index is 8.62. The standard InChI is InChI=1S/C15H18O2/c16-9-3-10-17-11-8-13-6-7-14-4-1-2-5-15(14)12-13/h1-2,4-7,12,16H,3,8-11H2. The van der Waals surface area contributed by atoms with E-state index in [9.17, 15) is 0 Å². The molecule has 0 bridgehead atoms. The zero-order valence-corrected chi connectivity index (χ0v) is 9.93. The van der Waals surface area contributed by atoms with Gasteiger partial charge in [0.2, 0.25) is 0 Å². The minimum Gasteiger partial charge on any atom is -0.396 e. The van der Waals surface area contributed by atoms with Gasteiger partial charge in [0.05, 0.1) is 6.61 Å². The SMILES string of the molecule is OCCCOCCc1ccc2ccccc2c1. The molecule has 2 nitrogen and oxygen atoms in total. The summed E-state index contributed by atoms with van der Waals surface area (Å²) in [6.45, 7) is 1.57. The quantitative estimate of drug-likeness (QED) is 0.773. The molecule has 2 rings (SSSR count). The van der Waals surface area contributed by atoms with E-state index in [0.717, 1.165) is 19.4 Å². The van der Waals surface area contributed by atoms with Crippen molar-refractivity contribution in [3.8, 4) is 0 Å². The third kappa shape index (κ3) is 3.55. The smallest absolute Gasteiger partial charge is 0.0506 e. The van der Waals surface area contributed by atoms with E-state index in [1.807, 2.05) is 0 Å². The van der Waals surface area contributed by atoms with Crippen molar-refractivity contribution in [2.75, 3.05) is 19.8 Å². The fourth-order valence-electron chi connectivity index (χ4n) is 1.85. The molecule has 0 aliphatic carbocycles. The van der Waals surface area contributed by atoms with Gasteiger partial charge in [-0.05, 0) is 29.2 Å². The summed E-state index contributed by atoms with van der Waals surface area (Å²) in [5.41, 5.74) is 1.30. The van der Waals surface area contributed by atoms with Crippen LogP contribution in [0.5, 0.6) is 0 Å². The molecule has 0 aliphatic heterocycles. The molecule has 0 heterocycles. The normalized spacial score (nSPS) is 10.9. The van der Waals surface area contributed by atoms with E-state index in [2.05, 4.69) is 42.5 Å². The minimum absolute atomic E-state index is 0.204. The summed E-state index contributed by atoms with van der Waals surface area (Å²) >= 11 is 0. The van der Waals surface area contributed by atoms with E-state index in [4.69, 9.17) is 9.84 Å². The Morgan fingerprint density at radius 1 is 0.941 bits per heavy atom. The van der Waals surface area contributed by atoms with Gasteiger partial charge in [-0.25, -0.2) is 0 Å². The fraction of sp³-hybridized carbons (Fsp3) is 0.333. The molecule has 2 aromatic rings. The number of rotatable bonds is 6. The number of fused-ring (bicyclic) bond motifs is 1. The molecule has 1 N–H and O–H groups in total. The third-order valence-corrected chi connectivity index (χ3v) is 2.80. The predicted octanol–water partition coefficient (Wildman–Crippen LogP) is 2.78. The van der Waals surface area contributed by atoms with Crippen molar-refractivity contribution >= 4 is 10.8 Å². The van der Waals surface area contributed by atoms with E-state index in [-0.39, 0.29) is 6.61 Å². The summed E-state index contributed by atoms with van der Waals surface area (Å²) in [5, 5.41) is 11.2. The van der Waals surface area contributed by atoms with Crippen LogP contribution in [0.25, 0.3) is 10.8 Å². The number of aliphatic hydroxyl groups is 1. The average Bonchev–Trinajstić information content (AvgIpc) is 2.38. The third-order valence-electron chi connectivity index (χ3n) is 2.80. The van der Waals surface area contributed by atoms with Crippen molar-refractivity contribution in [1.29, 1.82) is 0 Å². The van der Waals surface area contributed by atoms with Gasteiger partial charge in [0.1, 0.15) is 0 Å². The summed E-state index contributed by atoms with van der Waals surface area (Å²) in [4.78, 5) is 0. The number of aliphatic hydroxyl groups excluding tert-OH is 1. The fourth-order valence-corrected chi connectivity index (χ4v) is 1.85. The Balaban J connectivity index is 1.90. The van der Waals surface area contributed by atoms with Gasteiger partial charge in [-0.2, -0.15) is 0 Å². The van der Waals surface area contributed by atoms with Crippen LogP contribution in [-0.4, -0.2) is 24.9 Å². The van der Waals surface area contributed by atoms with Crippen molar-refractivity contribution in [2.45, 2.75) is 12.8 Å². The van der Waals surface area contributed by atoms with Crippen molar-refractivity contribution in [2.24, 2.45) is 0 Å². The Morgan fingerprint density at radius 3 is 2.59 bits per heavy atom. The highest BCUT2D eigenvalue weighted by molar-refractivity contribution is 5.82. The largest absolute Gasteiger partial charge is 0.396 e. The van der Waals surface area contributed by atoms with E-state index in [1.165, 1.54) is 16.3 Å². The molecule has 0 saturated carbocycles. The zero-order valence-electron chi connectivity index (χ0n) is 9.93. The van der Waals surface area contributed by atoms with Gasteiger partial charge in [0.15, 0.2) is 0 Å². The van der Waals surface area contributed by atoms with Gasteiger partial charge in [-0.3, -0.25) is 0 Å². The molecule has 2 aromatic carbocycles. The molecular weight excluding hydrogens is 212 g/mol. The monoisotopic (exact) mass is 230 g/mol. The Hall–Kier alpha value is -1.38. The lowest BCUT2D eigenvalue weighted by atomic mass is 10.1. The molecule has 0 atom stereocenters. The Kier molecular flexibility index (Phi) is 4.54. The van der Waals surface area contributed by atoms with Gasteiger partial charge >= 0.3 is 0 Å². The molecule has 90 valence electrons. The first-order valence-corrected chi connectivity index (χ1v) is 6.06. The lowest BCUT2D eigenvalue weighted by molar-refractivity contribution is 0.118. The van der Waals surface area contributed by atoms with Crippen LogP contribution in [0, 0.1) is 0 Å². The lowest BCUT2D eigenvalue weighted by Gasteiger charge is -2.05. The lowest BCUT2D eigenvalue weighted by Crippen LogP contribution is -2.01. The number of hydrogen-bond donors (Lipinski definition) is 1. The highest BCUT2D eigenvalue weighted by Crippen LogP contribution is 2.15. The van der Waals surface area contributed by atoms with Gasteiger partial charge in [-0.1, -0.05) is 42.5 Å². The van der Waals surface area contributed by atoms with Crippen molar-refractivity contribution in [3.63, 3.8) is 0 Å². The molecule has 0 aromatic heterocycles. The van der Waals surface area contributed by atoms with Gasteiger partial charge in [-0.15, -0.1) is 0 Å². The highest BCUT2D eigenvalue weighted by Gasteiger charge is 1.96. The van der Waals surface area contributed by atoms with E-state index < -0.39 is 0 Å². The van der Waals surface area contributed by atoms with Gasteiger partial charge < -0.3 is 9.84 Å². The molecule has 0 saturated heterocycles. The maximum absolute atomic E-state index is 8.62. The van der Waals surface area contributed by atoms with Gasteiger partial charge in [0.25, 0.3) is 0 Å². The highest BCUT2D eigenvalue weighted by atomic mass is 16.5. The van der Waals surface area contributed by atoms with E-state index >= 15 is 0 Å².